The Hall–Kier alpha value is -2.00. The van der Waals surface area contributed by atoms with E-state index >= 15 is 0 Å². The summed E-state index contributed by atoms with van der Waals surface area (Å²) in [6, 6.07) is 16.5. The van der Waals surface area contributed by atoms with Crippen LogP contribution in [0.2, 0.25) is 5.02 Å². The molecule has 0 saturated carbocycles. The lowest BCUT2D eigenvalue weighted by atomic mass is 10.3. The number of benzene rings is 2. The fourth-order valence-corrected chi connectivity index (χ4v) is 1.74. The molecule has 0 aliphatic carbocycles. The number of hydrogen-bond donors (Lipinski definition) is 1. The predicted octanol–water partition coefficient (Wildman–Crippen LogP) is 3.75. The quantitative estimate of drug-likeness (QED) is 0.902. The molecule has 19 heavy (non-hydrogen) atoms. The molecule has 0 heterocycles. The van der Waals surface area contributed by atoms with E-state index in [4.69, 9.17) is 16.3 Å². The van der Waals surface area contributed by atoms with Crippen molar-refractivity contribution in [3.8, 4) is 5.75 Å². The number of carbonyl (C=O) groups is 1. The summed E-state index contributed by atoms with van der Waals surface area (Å²) in [6.45, 7) is 0.334. The molecule has 0 aliphatic heterocycles. The molecule has 0 spiro atoms. The molecule has 0 unspecified atom stereocenters. The SMILES string of the molecule is O=C(CCOc1ccccc1)Nc1ccccc1Cl. The van der Waals surface area contributed by atoms with Crippen LogP contribution in [0.15, 0.2) is 54.6 Å². The van der Waals surface area contributed by atoms with Crippen LogP contribution >= 0.6 is 11.6 Å². The zero-order valence-electron chi connectivity index (χ0n) is 10.3. The van der Waals surface area contributed by atoms with Crippen molar-refractivity contribution in [1.29, 1.82) is 0 Å². The minimum Gasteiger partial charge on any atom is -0.493 e. The van der Waals surface area contributed by atoms with Gasteiger partial charge in [-0.3, -0.25) is 4.79 Å². The van der Waals surface area contributed by atoms with Crippen LogP contribution < -0.4 is 10.1 Å². The monoisotopic (exact) mass is 275 g/mol. The largest absolute Gasteiger partial charge is 0.493 e. The number of halogens is 1. The van der Waals surface area contributed by atoms with Crippen LogP contribution in [0.4, 0.5) is 5.69 Å². The van der Waals surface area contributed by atoms with Crippen molar-refractivity contribution in [1.82, 2.24) is 0 Å². The lowest BCUT2D eigenvalue weighted by Gasteiger charge is -2.08. The van der Waals surface area contributed by atoms with E-state index < -0.39 is 0 Å². The average molecular weight is 276 g/mol. The van der Waals surface area contributed by atoms with Gasteiger partial charge in [0.05, 0.1) is 23.7 Å². The van der Waals surface area contributed by atoms with Gasteiger partial charge in [0.15, 0.2) is 0 Å². The van der Waals surface area contributed by atoms with Gasteiger partial charge in [0.2, 0.25) is 5.91 Å². The zero-order chi connectivity index (χ0) is 13.5. The first-order valence-corrected chi connectivity index (χ1v) is 6.36. The third kappa shape index (κ3) is 4.30. The molecule has 2 rings (SSSR count). The van der Waals surface area contributed by atoms with E-state index in [1.54, 1.807) is 12.1 Å². The van der Waals surface area contributed by atoms with Crippen LogP contribution in [0, 0.1) is 0 Å². The summed E-state index contributed by atoms with van der Waals surface area (Å²) in [4.78, 5) is 11.7. The summed E-state index contributed by atoms with van der Waals surface area (Å²) in [5.41, 5.74) is 0.619. The summed E-state index contributed by atoms with van der Waals surface area (Å²) in [5, 5.41) is 3.27. The van der Waals surface area contributed by atoms with Crippen molar-refractivity contribution in [2.45, 2.75) is 6.42 Å². The smallest absolute Gasteiger partial charge is 0.227 e. The standard InChI is InChI=1S/C15H14ClNO2/c16-13-8-4-5-9-14(13)17-15(18)10-11-19-12-6-2-1-3-7-12/h1-9H,10-11H2,(H,17,18). The van der Waals surface area contributed by atoms with E-state index in [0.29, 0.717) is 17.3 Å². The summed E-state index contributed by atoms with van der Waals surface area (Å²) in [6.07, 6.45) is 0.278. The highest BCUT2D eigenvalue weighted by molar-refractivity contribution is 6.33. The van der Waals surface area contributed by atoms with E-state index in [0.717, 1.165) is 5.75 Å². The summed E-state index contributed by atoms with van der Waals surface area (Å²) >= 11 is 5.95. The van der Waals surface area contributed by atoms with Gasteiger partial charge in [-0.05, 0) is 24.3 Å². The van der Waals surface area contributed by atoms with Gasteiger partial charge >= 0.3 is 0 Å². The van der Waals surface area contributed by atoms with E-state index in [-0.39, 0.29) is 12.3 Å². The molecule has 1 amide bonds. The third-order valence-corrected chi connectivity index (χ3v) is 2.82. The predicted molar refractivity (Wildman–Crippen MR) is 76.6 cm³/mol. The van der Waals surface area contributed by atoms with E-state index in [2.05, 4.69) is 5.32 Å². The number of ether oxygens (including phenoxy) is 1. The molecule has 2 aromatic rings. The number of carbonyl (C=O) groups excluding carboxylic acids is 1. The number of anilines is 1. The maximum atomic E-state index is 11.7. The highest BCUT2D eigenvalue weighted by Crippen LogP contribution is 2.20. The van der Waals surface area contributed by atoms with Gasteiger partial charge in [0.25, 0.3) is 0 Å². The van der Waals surface area contributed by atoms with Crippen LogP contribution in [0.1, 0.15) is 6.42 Å². The molecule has 0 atom stereocenters. The Kier molecular flexibility index (Phi) is 4.81. The maximum Gasteiger partial charge on any atom is 0.227 e. The van der Waals surface area contributed by atoms with Gasteiger partial charge in [0, 0.05) is 0 Å². The Morgan fingerprint density at radius 1 is 1.05 bits per heavy atom. The average Bonchev–Trinajstić information content (AvgIpc) is 2.43. The second-order valence-corrected chi connectivity index (χ2v) is 4.35. The van der Waals surface area contributed by atoms with Gasteiger partial charge in [-0.15, -0.1) is 0 Å². The highest BCUT2D eigenvalue weighted by Gasteiger charge is 2.05. The molecule has 0 aromatic heterocycles. The van der Waals surface area contributed by atoms with Crippen LogP contribution in [-0.2, 0) is 4.79 Å². The van der Waals surface area contributed by atoms with Crippen LogP contribution in [0.5, 0.6) is 5.75 Å². The fourth-order valence-electron chi connectivity index (χ4n) is 1.55. The van der Waals surface area contributed by atoms with Crippen LogP contribution in [-0.4, -0.2) is 12.5 Å². The Balaban J connectivity index is 1.78. The van der Waals surface area contributed by atoms with Crippen molar-refractivity contribution in [2.75, 3.05) is 11.9 Å². The van der Waals surface area contributed by atoms with Crippen molar-refractivity contribution in [3.63, 3.8) is 0 Å². The van der Waals surface area contributed by atoms with Gasteiger partial charge in [-0.2, -0.15) is 0 Å². The minimum atomic E-state index is -0.121. The highest BCUT2D eigenvalue weighted by atomic mass is 35.5. The minimum absolute atomic E-state index is 0.121. The number of amides is 1. The molecule has 4 heteroatoms. The molecule has 2 aromatic carbocycles. The number of hydrogen-bond acceptors (Lipinski definition) is 2. The lowest BCUT2D eigenvalue weighted by Crippen LogP contribution is -2.15. The Labute approximate surface area is 117 Å². The number of rotatable bonds is 5. The Morgan fingerprint density at radius 3 is 2.47 bits per heavy atom. The van der Waals surface area contributed by atoms with E-state index in [9.17, 15) is 4.79 Å². The van der Waals surface area contributed by atoms with Crippen molar-refractivity contribution in [3.05, 3.63) is 59.6 Å². The number of nitrogens with one attached hydrogen (secondary N) is 1. The van der Waals surface area contributed by atoms with Gasteiger partial charge in [-0.1, -0.05) is 41.9 Å². The fraction of sp³-hybridized carbons (Fsp3) is 0.133. The van der Waals surface area contributed by atoms with E-state index in [1.807, 2.05) is 42.5 Å². The molecule has 0 aliphatic rings. The van der Waals surface area contributed by atoms with Crippen LogP contribution in [0.3, 0.4) is 0 Å². The Morgan fingerprint density at radius 2 is 1.74 bits per heavy atom. The maximum absolute atomic E-state index is 11.7. The summed E-state index contributed by atoms with van der Waals surface area (Å²) in [5.74, 6) is 0.636. The molecule has 1 N–H and O–H groups in total. The summed E-state index contributed by atoms with van der Waals surface area (Å²) in [7, 11) is 0. The van der Waals surface area contributed by atoms with Crippen molar-refractivity contribution in [2.24, 2.45) is 0 Å². The zero-order valence-corrected chi connectivity index (χ0v) is 11.1. The van der Waals surface area contributed by atoms with Gasteiger partial charge in [0.1, 0.15) is 5.75 Å². The van der Waals surface area contributed by atoms with Crippen molar-refractivity contribution >= 4 is 23.2 Å². The second kappa shape index (κ2) is 6.81. The molecule has 0 fully saturated rings. The molecular weight excluding hydrogens is 262 g/mol. The van der Waals surface area contributed by atoms with E-state index in [1.165, 1.54) is 0 Å². The number of para-hydroxylation sites is 2. The normalized spacial score (nSPS) is 9.95. The molecule has 98 valence electrons. The summed E-state index contributed by atoms with van der Waals surface area (Å²) < 4.78 is 5.45. The van der Waals surface area contributed by atoms with Crippen LogP contribution in [0.25, 0.3) is 0 Å². The molecule has 0 saturated heterocycles. The molecule has 0 bridgehead atoms. The topological polar surface area (TPSA) is 38.3 Å². The molecular formula is C15H14ClNO2. The Bertz CT molecular complexity index is 543. The molecule has 0 radical (unpaired) electrons. The third-order valence-electron chi connectivity index (χ3n) is 2.49. The second-order valence-electron chi connectivity index (χ2n) is 3.94. The van der Waals surface area contributed by atoms with Gasteiger partial charge < -0.3 is 10.1 Å². The lowest BCUT2D eigenvalue weighted by molar-refractivity contribution is -0.116. The van der Waals surface area contributed by atoms with Gasteiger partial charge in [-0.25, -0.2) is 0 Å². The molecule has 3 nitrogen and oxygen atoms in total. The first-order valence-electron chi connectivity index (χ1n) is 5.98. The first-order chi connectivity index (χ1) is 9.25. The first kappa shape index (κ1) is 13.4. The van der Waals surface area contributed by atoms with Crippen molar-refractivity contribution < 1.29 is 9.53 Å².